The van der Waals surface area contributed by atoms with Crippen molar-refractivity contribution >= 4 is 5.78 Å². The van der Waals surface area contributed by atoms with Crippen LogP contribution in [-0.2, 0) is 11.2 Å². The number of piperidine rings is 1. The molecule has 2 heterocycles. The van der Waals surface area contributed by atoms with Crippen molar-refractivity contribution in [3.63, 3.8) is 0 Å². The van der Waals surface area contributed by atoms with E-state index in [0.29, 0.717) is 23.8 Å². The summed E-state index contributed by atoms with van der Waals surface area (Å²) >= 11 is 0. The first kappa shape index (κ1) is 13.3. The molecule has 0 aromatic heterocycles. The molecule has 0 bridgehead atoms. The predicted octanol–water partition coefficient (Wildman–Crippen LogP) is 3.13. The highest BCUT2D eigenvalue weighted by molar-refractivity contribution is 5.82. The van der Waals surface area contributed by atoms with Crippen LogP contribution in [0, 0.1) is 5.92 Å². The van der Waals surface area contributed by atoms with E-state index in [-0.39, 0.29) is 0 Å². The number of Topliss-reactive ketones (excluding diaryl/α,β-unsaturated/α-hetero) is 1. The van der Waals surface area contributed by atoms with Crippen LogP contribution in [0.1, 0.15) is 49.3 Å². The van der Waals surface area contributed by atoms with E-state index in [1.807, 2.05) is 0 Å². The van der Waals surface area contributed by atoms with Crippen LogP contribution < -0.4 is 4.74 Å². The molecule has 1 aromatic rings. The van der Waals surface area contributed by atoms with Gasteiger partial charge >= 0.3 is 0 Å². The van der Waals surface area contributed by atoms with Gasteiger partial charge in [0.25, 0.3) is 0 Å². The first-order chi connectivity index (χ1) is 10.3. The normalized spacial score (nSPS) is 32.0. The molecular weight excluding hydrogens is 262 g/mol. The molecule has 2 aliphatic heterocycles. The SMILES string of the molecule is COc1ccc2c(c1)CCN1C2CCC2C(=O)CCCC21. The molecule has 21 heavy (non-hydrogen) atoms. The van der Waals surface area contributed by atoms with Crippen molar-refractivity contribution in [2.75, 3.05) is 13.7 Å². The number of hydrogen-bond donors (Lipinski definition) is 0. The van der Waals surface area contributed by atoms with Gasteiger partial charge in [-0.05, 0) is 55.4 Å². The summed E-state index contributed by atoms with van der Waals surface area (Å²) in [5.74, 6) is 1.80. The maximum Gasteiger partial charge on any atom is 0.137 e. The third kappa shape index (κ3) is 2.10. The minimum atomic E-state index is 0.315. The maximum atomic E-state index is 12.2. The van der Waals surface area contributed by atoms with E-state index in [1.165, 1.54) is 17.5 Å². The molecule has 4 rings (SSSR count). The number of rotatable bonds is 1. The molecule has 0 spiro atoms. The number of methoxy groups -OCH3 is 1. The van der Waals surface area contributed by atoms with Crippen molar-refractivity contribution in [1.29, 1.82) is 0 Å². The van der Waals surface area contributed by atoms with Crippen LogP contribution in [0.2, 0.25) is 0 Å². The van der Waals surface area contributed by atoms with E-state index in [9.17, 15) is 4.79 Å². The summed E-state index contributed by atoms with van der Waals surface area (Å²) in [7, 11) is 1.73. The van der Waals surface area contributed by atoms with Gasteiger partial charge in [0, 0.05) is 31.0 Å². The lowest BCUT2D eigenvalue weighted by molar-refractivity contribution is -0.131. The van der Waals surface area contributed by atoms with Crippen LogP contribution in [0.3, 0.4) is 0 Å². The van der Waals surface area contributed by atoms with E-state index in [1.54, 1.807) is 7.11 Å². The Morgan fingerprint density at radius 3 is 2.95 bits per heavy atom. The van der Waals surface area contributed by atoms with Gasteiger partial charge in [0.1, 0.15) is 11.5 Å². The van der Waals surface area contributed by atoms with E-state index in [0.717, 1.165) is 44.4 Å². The van der Waals surface area contributed by atoms with Crippen LogP contribution in [-0.4, -0.2) is 30.4 Å². The second-order valence-electron chi connectivity index (χ2n) is 6.68. The third-order valence-electron chi connectivity index (χ3n) is 5.73. The maximum absolute atomic E-state index is 12.2. The van der Waals surface area contributed by atoms with Crippen molar-refractivity contribution in [2.24, 2.45) is 5.92 Å². The topological polar surface area (TPSA) is 29.5 Å². The zero-order valence-corrected chi connectivity index (χ0v) is 12.7. The number of ether oxygens (including phenoxy) is 1. The highest BCUT2D eigenvalue weighted by atomic mass is 16.5. The average Bonchev–Trinajstić information content (AvgIpc) is 2.54. The Morgan fingerprint density at radius 1 is 1.19 bits per heavy atom. The summed E-state index contributed by atoms with van der Waals surface area (Å²) in [6.07, 6.45) is 6.40. The van der Waals surface area contributed by atoms with Gasteiger partial charge in [-0.25, -0.2) is 0 Å². The number of carbonyl (C=O) groups excluding carboxylic acids is 1. The van der Waals surface area contributed by atoms with Crippen LogP contribution >= 0.6 is 0 Å². The lowest BCUT2D eigenvalue weighted by atomic mass is 9.72. The van der Waals surface area contributed by atoms with Gasteiger partial charge in [0.15, 0.2) is 0 Å². The Bertz CT molecular complexity index is 568. The monoisotopic (exact) mass is 285 g/mol. The number of fused-ring (bicyclic) bond motifs is 5. The zero-order valence-electron chi connectivity index (χ0n) is 12.7. The number of hydrogen-bond acceptors (Lipinski definition) is 3. The first-order valence-electron chi connectivity index (χ1n) is 8.23. The van der Waals surface area contributed by atoms with Crippen molar-refractivity contribution < 1.29 is 9.53 Å². The molecule has 1 saturated heterocycles. The summed E-state index contributed by atoms with van der Waals surface area (Å²) in [5.41, 5.74) is 2.91. The second kappa shape index (κ2) is 5.13. The van der Waals surface area contributed by atoms with Crippen molar-refractivity contribution in [3.8, 4) is 5.75 Å². The Labute approximate surface area is 126 Å². The molecule has 1 saturated carbocycles. The average molecular weight is 285 g/mol. The van der Waals surface area contributed by atoms with Gasteiger partial charge in [0.2, 0.25) is 0 Å². The summed E-state index contributed by atoms with van der Waals surface area (Å²) in [5, 5.41) is 0. The summed E-state index contributed by atoms with van der Waals surface area (Å²) < 4.78 is 5.36. The van der Waals surface area contributed by atoms with Gasteiger partial charge in [0.05, 0.1) is 7.11 Å². The van der Waals surface area contributed by atoms with Gasteiger partial charge in [-0.3, -0.25) is 9.69 Å². The Balaban J connectivity index is 1.66. The van der Waals surface area contributed by atoms with Crippen LogP contribution in [0.5, 0.6) is 5.75 Å². The minimum absolute atomic E-state index is 0.315. The van der Waals surface area contributed by atoms with Crippen LogP contribution in [0.4, 0.5) is 0 Å². The molecule has 3 atom stereocenters. The van der Waals surface area contributed by atoms with Gasteiger partial charge < -0.3 is 4.74 Å². The third-order valence-corrected chi connectivity index (χ3v) is 5.73. The molecule has 112 valence electrons. The fourth-order valence-electron chi connectivity index (χ4n) is 4.73. The summed E-state index contributed by atoms with van der Waals surface area (Å²) in [6.45, 7) is 1.10. The largest absolute Gasteiger partial charge is 0.497 e. The molecule has 2 fully saturated rings. The quantitative estimate of drug-likeness (QED) is 0.794. The first-order valence-corrected chi connectivity index (χ1v) is 8.23. The highest BCUT2D eigenvalue weighted by Gasteiger charge is 2.44. The van der Waals surface area contributed by atoms with Crippen molar-refractivity contribution in [2.45, 2.75) is 50.6 Å². The molecule has 0 radical (unpaired) electrons. The van der Waals surface area contributed by atoms with Crippen LogP contribution in [0.25, 0.3) is 0 Å². The molecule has 1 aromatic carbocycles. The lowest BCUT2D eigenvalue weighted by Crippen LogP contribution is -2.53. The Hall–Kier alpha value is -1.35. The zero-order chi connectivity index (χ0) is 14.4. The molecule has 1 aliphatic carbocycles. The molecular formula is C18H23NO2. The van der Waals surface area contributed by atoms with Gasteiger partial charge in [-0.2, -0.15) is 0 Å². The molecule has 3 heteroatoms. The fraction of sp³-hybridized carbons (Fsp3) is 0.611. The Morgan fingerprint density at radius 2 is 2.10 bits per heavy atom. The number of nitrogens with zero attached hydrogens (tertiary/aromatic N) is 1. The molecule has 0 N–H and O–H groups in total. The lowest BCUT2D eigenvalue weighted by Gasteiger charge is -2.50. The second-order valence-corrected chi connectivity index (χ2v) is 6.68. The number of ketones is 1. The molecule has 0 amide bonds. The van der Waals surface area contributed by atoms with E-state index in [2.05, 4.69) is 23.1 Å². The molecule has 3 unspecified atom stereocenters. The fourth-order valence-corrected chi connectivity index (χ4v) is 4.73. The standard InChI is InChI=1S/C18H23NO2/c1-21-13-5-6-14-12(11-13)9-10-19-16-3-2-4-18(20)15(16)7-8-17(14)19/h5-6,11,15-17H,2-4,7-10H2,1H3. The van der Waals surface area contributed by atoms with Gasteiger partial charge in [-0.1, -0.05) is 6.07 Å². The van der Waals surface area contributed by atoms with Crippen LogP contribution in [0.15, 0.2) is 18.2 Å². The molecule has 3 aliphatic rings. The minimum Gasteiger partial charge on any atom is -0.497 e. The van der Waals surface area contributed by atoms with Crippen molar-refractivity contribution in [3.05, 3.63) is 29.3 Å². The van der Waals surface area contributed by atoms with Crippen molar-refractivity contribution in [1.82, 2.24) is 4.90 Å². The summed E-state index contributed by atoms with van der Waals surface area (Å²) in [6, 6.07) is 7.55. The number of carbonyl (C=O) groups is 1. The number of benzene rings is 1. The summed E-state index contributed by atoms with van der Waals surface area (Å²) in [4.78, 5) is 14.8. The van der Waals surface area contributed by atoms with E-state index in [4.69, 9.17) is 4.74 Å². The highest BCUT2D eigenvalue weighted by Crippen LogP contribution is 2.45. The van der Waals surface area contributed by atoms with E-state index < -0.39 is 0 Å². The Kier molecular flexibility index (Phi) is 3.26. The smallest absolute Gasteiger partial charge is 0.137 e. The van der Waals surface area contributed by atoms with E-state index >= 15 is 0 Å². The predicted molar refractivity (Wildman–Crippen MR) is 81.5 cm³/mol. The van der Waals surface area contributed by atoms with Gasteiger partial charge in [-0.15, -0.1) is 0 Å². The molecule has 3 nitrogen and oxygen atoms in total.